The smallest absolute Gasteiger partial charge is 0.342 e. The number of hydrogen-bond acceptors (Lipinski definition) is 7. The zero-order chi connectivity index (χ0) is 23.0. The van der Waals surface area contributed by atoms with E-state index in [1.54, 1.807) is 42.5 Å². The largest absolute Gasteiger partial charge is 0.497 e. The third-order valence-electron chi connectivity index (χ3n) is 4.86. The van der Waals surface area contributed by atoms with Crippen LogP contribution < -0.4 is 19.8 Å². The standard InChI is InChI=1S/C26H22O7/c1-29-20-11-12-21-18(15-25(27)33-24(21)16-20)17-32-26(28)22-9-5-6-10-23(22)31-14-13-30-19-7-3-2-4-8-19/h2-12,15-16H,13-14,17H2,1H3. The maximum atomic E-state index is 12.8. The molecular formula is C26H22O7. The first-order valence-electron chi connectivity index (χ1n) is 10.3. The molecule has 0 atom stereocenters. The Morgan fingerprint density at radius 3 is 2.42 bits per heavy atom. The highest BCUT2D eigenvalue weighted by Gasteiger charge is 2.15. The van der Waals surface area contributed by atoms with Gasteiger partial charge in [0.2, 0.25) is 0 Å². The molecule has 0 saturated carbocycles. The number of esters is 1. The van der Waals surface area contributed by atoms with E-state index in [9.17, 15) is 9.59 Å². The molecule has 0 bridgehead atoms. The molecule has 0 saturated heterocycles. The van der Waals surface area contributed by atoms with Crippen LogP contribution in [-0.4, -0.2) is 26.3 Å². The van der Waals surface area contributed by atoms with E-state index in [0.29, 0.717) is 34.6 Å². The van der Waals surface area contributed by atoms with Gasteiger partial charge in [0, 0.05) is 23.1 Å². The first-order valence-corrected chi connectivity index (χ1v) is 10.3. The second-order valence-electron chi connectivity index (χ2n) is 7.04. The summed E-state index contributed by atoms with van der Waals surface area (Å²) < 4.78 is 27.2. The van der Waals surface area contributed by atoms with E-state index >= 15 is 0 Å². The van der Waals surface area contributed by atoms with Crippen LogP contribution in [0.15, 0.2) is 88.1 Å². The van der Waals surface area contributed by atoms with Crippen LogP contribution in [-0.2, 0) is 11.3 Å². The van der Waals surface area contributed by atoms with Gasteiger partial charge in [0.15, 0.2) is 0 Å². The van der Waals surface area contributed by atoms with Crippen molar-refractivity contribution in [2.24, 2.45) is 0 Å². The van der Waals surface area contributed by atoms with Crippen molar-refractivity contribution in [1.29, 1.82) is 0 Å². The van der Waals surface area contributed by atoms with Crippen LogP contribution in [0.25, 0.3) is 11.0 Å². The minimum Gasteiger partial charge on any atom is -0.497 e. The highest BCUT2D eigenvalue weighted by molar-refractivity contribution is 5.92. The average Bonchev–Trinajstić information content (AvgIpc) is 2.85. The Labute approximate surface area is 190 Å². The molecule has 0 aliphatic rings. The van der Waals surface area contributed by atoms with Crippen molar-refractivity contribution in [3.8, 4) is 17.2 Å². The molecule has 0 amide bonds. The minimum atomic E-state index is -0.565. The number of carbonyl (C=O) groups excluding carboxylic acids is 1. The molecule has 1 aromatic heterocycles. The number of para-hydroxylation sites is 2. The normalized spacial score (nSPS) is 10.6. The molecule has 0 unspecified atom stereocenters. The molecule has 0 radical (unpaired) electrons. The van der Waals surface area contributed by atoms with Gasteiger partial charge in [-0.15, -0.1) is 0 Å². The summed E-state index contributed by atoms with van der Waals surface area (Å²) in [5.74, 6) is 1.12. The predicted octanol–water partition coefficient (Wildman–Crippen LogP) is 4.62. The van der Waals surface area contributed by atoms with Gasteiger partial charge in [-0.2, -0.15) is 0 Å². The summed E-state index contributed by atoms with van der Waals surface area (Å²) in [6, 6.07) is 22.6. The maximum absolute atomic E-state index is 12.8. The lowest BCUT2D eigenvalue weighted by atomic mass is 10.1. The second-order valence-corrected chi connectivity index (χ2v) is 7.04. The van der Waals surface area contributed by atoms with Gasteiger partial charge < -0.3 is 23.4 Å². The zero-order valence-corrected chi connectivity index (χ0v) is 18.0. The van der Waals surface area contributed by atoms with E-state index in [-0.39, 0.29) is 18.8 Å². The van der Waals surface area contributed by atoms with Crippen LogP contribution in [0, 0.1) is 0 Å². The van der Waals surface area contributed by atoms with E-state index in [4.69, 9.17) is 23.4 Å². The monoisotopic (exact) mass is 446 g/mol. The van der Waals surface area contributed by atoms with Crippen LogP contribution in [0.5, 0.6) is 17.2 Å². The summed E-state index contributed by atoms with van der Waals surface area (Å²) in [5.41, 5.74) is 0.636. The summed E-state index contributed by atoms with van der Waals surface area (Å²) in [7, 11) is 1.53. The van der Waals surface area contributed by atoms with Gasteiger partial charge in [0.25, 0.3) is 0 Å². The number of ether oxygens (including phenoxy) is 4. The summed E-state index contributed by atoms with van der Waals surface area (Å²) in [4.78, 5) is 24.7. The minimum absolute atomic E-state index is 0.0985. The van der Waals surface area contributed by atoms with Gasteiger partial charge in [-0.1, -0.05) is 30.3 Å². The van der Waals surface area contributed by atoms with E-state index < -0.39 is 11.6 Å². The van der Waals surface area contributed by atoms with Crippen molar-refractivity contribution < 1.29 is 28.2 Å². The van der Waals surface area contributed by atoms with Crippen LogP contribution in [0.3, 0.4) is 0 Å². The fourth-order valence-electron chi connectivity index (χ4n) is 3.27. The lowest BCUT2D eigenvalue weighted by molar-refractivity contribution is 0.0468. The van der Waals surface area contributed by atoms with Crippen LogP contribution in [0.1, 0.15) is 15.9 Å². The van der Waals surface area contributed by atoms with Crippen LogP contribution >= 0.6 is 0 Å². The zero-order valence-electron chi connectivity index (χ0n) is 18.0. The first-order chi connectivity index (χ1) is 16.1. The van der Waals surface area contributed by atoms with Gasteiger partial charge in [-0.05, 0) is 36.4 Å². The van der Waals surface area contributed by atoms with Crippen molar-refractivity contribution in [3.63, 3.8) is 0 Å². The van der Waals surface area contributed by atoms with Crippen molar-refractivity contribution in [1.82, 2.24) is 0 Å². The molecule has 7 heteroatoms. The number of rotatable bonds is 9. The Hall–Kier alpha value is -4.26. The average molecular weight is 446 g/mol. The molecule has 33 heavy (non-hydrogen) atoms. The Balaban J connectivity index is 1.41. The van der Waals surface area contributed by atoms with Crippen molar-refractivity contribution in [2.75, 3.05) is 20.3 Å². The summed E-state index contributed by atoms with van der Waals surface area (Å²) in [5, 5.41) is 0.658. The number of fused-ring (bicyclic) bond motifs is 1. The summed E-state index contributed by atoms with van der Waals surface area (Å²) in [6.07, 6.45) is 0. The molecule has 0 fully saturated rings. The van der Waals surface area contributed by atoms with E-state index in [1.165, 1.54) is 13.2 Å². The highest BCUT2D eigenvalue weighted by atomic mass is 16.5. The molecule has 4 aromatic rings. The van der Waals surface area contributed by atoms with Gasteiger partial charge in [0.05, 0.1) is 7.11 Å². The molecule has 0 aliphatic heterocycles. The molecule has 0 spiro atoms. The first kappa shape index (κ1) is 22.0. The Morgan fingerprint density at radius 1 is 0.848 bits per heavy atom. The topological polar surface area (TPSA) is 84.2 Å². The third-order valence-corrected chi connectivity index (χ3v) is 4.86. The highest BCUT2D eigenvalue weighted by Crippen LogP contribution is 2.24. The predicted molar refractivity (Wildman–Crippen MR) is 122 cm³/mol. The quantitative estimate of drug-likeness (QED) is 0.211. The van der Waals surface area contributed by atoms with E-state index in [2.05, 4.69) is 0 Å². The number of methoxy groups -OCH3 is 1. The molecule has 4 rings (SSSR count). The Kier molecular flexibility index (Phi) is 6.90. The molecular weight excluding hydrogens is 424 g/mol. The number of carbonyl (C=O) groups is 1. The van der Waals surface area contributed by atoms with Crippen molar-refractivity contribution in [2.45, 2.75) is 6.61 Å². The second kappa shape index (κ2) is 10.4. The van der Waals surface area contributed by atoms with Crippen molar-refractivity contribution in [3.05, 3.63) is 100 Å². The van der Waals surface area contributed by atoms with Gasteiger partial charge in [-0.25, -0.2) is 9.59 Å². The molecule has 0 N–H and O–H groups in total. The lowest BCUT2D eigenvalue weighted by Crippen LogP contribution is -2.13. The SMILES string of the molecule is COc1ccc2c(COC(=O)c3ccccc3OCCOc3ccccc3)cc(=O)oc2c1. The molecule has 168 valence electrons. The Morgan fingerprint density at radius 2 is 1.61 bits per heavy atom. The fraction of sp³-hybridized carbons (Fsp3) is 0.154. The van der Waals surface area contributed by atoms with Gasteiger partial charge >= 0.3 is 11.6 Å². The van der Waals surface area contributed by atoms with Gasteiger partial charge in [0.1, 0.15) is 48.2 Å². The molecule has 3 aromatic carbocycles. The van der Waals surface area contributed by atoms with Crippen LogP contribution in [0.2, 0.25) is 0 Å². The molecule has 0 aliphatic carbocycles. The molecule has 7 nitrogen and oxygen atoms in total. The fourth-order valence-corrected chi connectivity index (χ4v) is 3.27. The summed E-state index contributed by atoms with van der Waals surface area (Å²) >= 11 is 0. The van der Waals surface area contributed by atoms with E-state index in [0.717, 1.165) is 5.75 Å². The summed E-state index contributed by atoms with van der Waals surface area (Å²) in [6.45, 7) is 0.479. The van der Waals surface area contributed by atoms with Gasteiger partial charge in [-0.3, -0.25) is 0 Å². The van der Waals surface area contributed by atoms with E-state index in [1.807, 2.05) is 30.3 Å². The number of hydrogen-bond donors (Lipinski definition) is 0. The third kappa shape index (κ3) is 5.51. The van der Waals surface area contributed by atoms with Crippen molar-refractivity contribution >= 4 is 16.9 Å². The molecule has 1 heterocycles. The maximum Gasteiger partial charge on any atom is 0.342 e. The van der Waals surface area contributed by atoms with Crippen LogP contribution in [0.4, 0.5) is 0 Å². The lowest BCUT2D eigenvalue weighted by Gasteiger charge is -2.12. The number of benzene rings is 3. The Bertz CT molecular complexity index is 1300.